The van der Waals surface area contributed by atoms with Crippen LogP contribution in [0.4, 0.5) is 0 Å². The highest BCUT2D eigenvalue weighted by Gasteiger charge is 2.21. The summed E-state index contributed by atoms with van der Waals surface area (Å²) in [5.41, 5.74) is 10.6. The van der Waals surface area contributed by atoms with E-state index in [1.165, 1.54) is 0 Å². The quantitative estimate of drug-likeness (QED) is 0.189. The van der Waals surface area contributed by atoms with Crippen LogP contribution in [-0.2, 0) is 0 Å². The third kappa shape index (κ3) is 5.16. The van der Waals surface area contributed by atoms with E-state index in [-0.39, 0.29) is 11.4 Å². The molecule has 248 valence electrons. The van der Waals surface area contributed by atoms with Crippen molar-refractivity contribution in [3.8, 4) is 56.4 Å². The molecular formula is C47H29N5O. The van der Waals surface area contributed by atoms with Gasteiger partial charge in [0, 0.05) is 33.0 Å². The van der Waals surface area contributed by atoms with E-state index in [0.29, 0.717) is 17.5 Å². The lowest BCUT2D eigenvalue weighted by molar-refractivity contribution is 0.669. The van der Waals surface area contributed by atoms with Crippen LogP contribution in [0.15, 0.2) is 162 Å². The molecule has 2 heterocycles. The lowest BCUT2D eigenvalue weighted by Gasteiger charge is -2.17. The first-order valence-corrected chi connectivity index (χ1v) is 17.4. The number of benzene rings is 7. The van der Waals surface area contributed by atoms with Gasteiger partial charge in [-0.05, 0) is 62.9 Å². The Hall–Kier alpha value is -7.31. The fourth-order valence-corrected chi connectivity index (χ4v) is 7.40. The Morgan fingerprint density at radius 1 is 0.434 bits per heavy atom. The second kappa shape index (κ2) is 12.2. The van der Waals surface area contributed by atoms with E-state index in [1.807, 2.05) is 78.9 Å². The molecule has 10 rings (SSSR count). The summed E-state index contributed by atoms with van der Waals surface area (Å²) < 4.78 is 6.26. The molecule has 6 heteroatoms. The van der Waals surface area contributed by atoms with Crippen molar-refractivity contribution >= 4 is 50.2 Å². The first-order chi connectivity index (χ1) is 26.1. The molecule has 0 spiro atoms. The van der Waals surface area contributed by atoms with Crippen LogP contribution in [0.5, 0.6) is 0 Å². The van der Waals surface area contributed by atoms with Gasteiger partial charge in [-0.2, -0.15) is 0 Å². The number of aromatic nitrogens is 3. The zero-order chi connectivity index (χ0) is 35.5. The van der Waals surface area contributed by atoms with Gasteiger partial charge in [-0.1, -0.05) is 140 Å². The fraction of sp³-hybridized carbons (Fsp3) is 0. The van der Waals surface area contributed by atoms with Gasteiger partial charge in [0.15, 0.2) is 17.5 Å². The molecule has 7 aromatic carbocycles. The van der Waals surface area contributed by atoms with Gasteiger partial charge in [0.25, 0.3) is 0 Å². The van der Waals surface area contributed by atoms with E-state index in [2.05, 4.69) is 78.9 Å². The highest BCUT2D eigenvalue weighted by Crippen LogP contribution is 2.39. The first-order valence-electron chi connectivity index (χ1n) is 17.4. The van der Waals surface area contributed by atoms with Crippen LogP contribution < -0.4 is 0 Å². The van der Waals surface area contributed by atoms with Gasteiger partial charge in [-0.25, -0.2) is 15.0 Å². The van der Waals surface area contributed by atoms with Crippen LogP contribution in [0.3, 0.4) is 0 Å². The van der Waals surface area contributed by atoms with Gasteiger partial charge < -0.3 is 4.42 Å². The standard InChI is InChI=1S/C47H29N5O/c48-39-26-24-30-19-22-33-27-32(23-25-35(33)42(30)44(39)49)34-11-4-5-12-36(34)46-50-45(31-20-17-29(18-21-31)28-9-2-1-3-10-28)51-47(52-46)38-14-8-16-41-43(38)37-13-6-7-15-40(37)53-41/h1-27,48-49H. The minimum atomic E-state index is 0.217. The highest BCUT2D eigenvalue weighted by molar-refractivity contribution is 6.53. The van der Waals surface area contributed by atoms with Crippen molar-refractivity contribution in [2.24, 2.45) is 0 Å². The maximum Gasteiger partial charge on any atom is 0.164 e. The van der Waals surface area contributed by atoms with Gasteiger partial charge in [0.05, 0.1) is 11.4 Å². The molecule has 0 atom stereocenters. The third-order valence-corrected chi connectivity index (χ3v) is 10.0. The fourth-order valence-electron chi connectivity index (χ4n) is 7.40. The SMILES string of the molecule is N=C1C=Cc2ccc3cc(-c4ccccc4-c4nc(-c5ccc(-c6ccccc6)cc5)nc(-c5cccc6oc7ccccc7c56)n4)ccc3c2C1=N. The van der Waals surface area contributed by atoms with Crippen LogP contribution in [0.1, 0.15) is 11.1 Å². The Kier molecular flexibility index (Phi) is 7.01. The molecule has 2 aromatic heterocycles. The van der Waals surface area contributed by atoms with Crippen molar-refractivity contribution in [3.05, 3.63) is 169 Å². The molecule has 1 aliphatic rings. The predicted molar refractivity (Wildman–Crippen MR) is 215 cm³/mol. The highest BCUT2D eigenvalue weighted by atomic mass is 16.3. The molecule has 0 saturated carbocycles. The molecule has 0 bridgehead atoms. The average molecular weight is 680 g/mol. The maximum atomic E-state index is 8.64. The topological polar surface area (TPSA) is 99.5 Å². The number of hydrogen-bond acceptors (Lipinski definition) is 6. The molecule has 53 heavy (non-hydrogen) atoms. The molecule has 1 aliphatic carbocycles. The van der Waals surface area contributed by atoms with Crippen LogP contribution >= 0.6 is 0 Å². The van der Waals surface area contributed by atoms with Gasteiger partial charge in [-0.15, -0.1) is 0 Å². The van der Waals surface area contributed by atoms with E-state index in [1.54, 1.807) is 6.08 Å². The smallest absolute Gasteiger partial charge is 0.164 e. The van der Waals surface area contributed by atoms with Gasteiger partial charge >= 0.3 is 0 Å². The third-order valence-electron chi connectivity index (χ3n) is 10.0. The number of para-hydroxylation sites is 1. The summed E-state index contributed by atoms with van der Waals surface area (Å²) in [6.07, 6.45) is 3.60. The molecule has 0 amide bonds. The number of furan rings is 1. The lowest BCUT2D eigenvalue weighted by atomic mass is 9.88. The number of fused-ring (bicyclic) bond motifs is 6. The van der Waals surface area contributed by atoms with Crippen molar-refractivity contribution in [1.29, 1.82) is 10.8 Å². The zero-order valence-electron chi connectivity index (χ0n) is 28.3. The van der Waals surface area contributed by atoms with Crippen LogP contribution in [0.25, 0.3) is 95.2 Å². The van der Waals surface area contributed by atoms with Crippen molar-refractivity contribution < 1.29 is 4.42 Å². The Balaban J connectivity index is 1.16. The second-order valence-corrected chi connectivity index (χ2v) is 13.2. The molecule has 0 radical (unpaired) electrons. The van der Waals surface area contributed by atoms with E-state index in [4.69, 9.17) is 30.2 Å². The zero-order valence-corrected chi connectivity index (χ0v) is 28.3. The summed E-state index contributed by atoms with van der Waals surface area (Å²) in [6, 6.07) is 51.3. The van der Waals surface area contributed by atoms with Crippen molar-refractivity contribution in [1.82, 2.24) is 15.0 Å². The molecule has 0 unspecified atom stereocenters. The molecule has 2 N–H and O–H groups in total. The minimum absolute atomic E-state index is 0.217. The molecule has 0 saturated heterocycles. The first kappa shape index (κ1) is 30.5. The lowest BCUT2D eigenvalue weighted by Crippen LogP contribution is -2.16. The van der Waals surface area contributed by atoms with Crippen molar-refractivity contribution in [2.75, 3.05) is 0 Å². The summed E-state index contributed by atoms with van der Waals surface area (Å²) in [7, 11) is 0. The number of hydrogen-bond donors (Lipinski definition) is 2. The summed E-state index contributed by atoms with van der Waals surface area (Å²) in [6.45, 7) is 0. The molecule has 6 nitrogen and oxygen atoms in total. The maximum absolute atomic E-state index is 8.64. The number of rotatable bonds is 5. The normalized spacial score (nSPS) is 12.5. The van der Waals surface area contributed by atoms with Crippen molar-refractivity contribution in [2.45, 2.75) is 0 Å². The van der Waals surface area contributed by atoms with Crippen LogP contribution in [0, 0.1) is 10.8 Å². The number of nitrogens with one attached hydrogen (secondary N) is 2. The summed E-state index contributed by atoms with van der Waals surface area (Å²) >= 11 is 0. The monoisotopic (exact) mass is 679 g/mol. The van der Waals surface area contributed by atoms with Crippen LogP contribution in [-0.4, -0.2) is 26.4 Å². The molecule has 0 fully saturated rings. The van der Waals surface area contributed by atoms with E-state index >= 15 is 0 Å². The van der Waals surface area contributed by atoms with Crippen LogP contribution in [0.2, 0.25) is 0 Å². The number of allylic oxidation sites excluding steroid dienone is 1. The minimum Gasteiger partial charge on any atom is -0.456 e. The number of nitrogens with zero attached hydrogens (tertiary/aromatic N) is 3. The molecular weight excluding hydrogens is 651 g/mol. The Labute approximate surface area is 304 Å². The van der Waals surface area contributed by atoms with E-state index < -0.39 is 0 Å². The average Bonchev–Trinajstić information content (AvgIpc) is 3.61. The largest absolute Gasteiger partial charge is 0.456 e. The van der Waals surface area contributed by atoms with E-state index in [9.17, 15) is 0 Å². The van der Waals surface area contributed by atoms with Crippen molar-refractivity contribution in [3.63, 3.8) is 0 Å². The summed E-state index contributed by atoms with van der Waals surface area (Å²) in [4.78, 5) is 15.5. The Morgan fingerprint density at radius 3 is 1.92 bits per heavy atom. The predicted octanol–water partition coefficient (Wildman–Crippen LogP) is 11.7. The molecule has 0 aliphatic heterocycles. The van der Waals surface area contributed by atoms with Gasteiger partial charge in [0.2, 0.25) is 0 Å². The Morgan fingerprint density at radius 2 is 1.08 bits per heavy atom. The molecule has 9 aromatic rings. The second-order valence-electron chi connectivity index (χ2n) is 13.2. The van der Waals surface area contributed by atoms with E-state index in [0.717, 1.165) is 82.8 Å². The summed E-state index contributed by atoms with van der Waals surface area (Å²) in [5.74, 6) is 1.69. The van der Waals surface area contributed by atoms with Gasteiger partial charge in [-0.3, -0.25) is 10.8 Å². The Bertz CT molecular complexity index is 2980. The summed E-state index contributed by atoms with van der Waals surface area (Å²) in [5, 5.41) is 20.8. The van der Waals surface area contributed by atoms with Gasteiger partial charge in [0.1, 0.15) is 11.2 Å².